The molecule has 1 unspecified atom stereocenters. The van der Waals surface area contributed by atoms with Crippen molar-refractivity contribution in [2.45, 2.75) is 33.0 Å². The molecule has 0 radical (unpaired) electrons. The third-order valence-corrected chi connectivity index (χ3v) is 3.97. The molecule has 1 heterocycles. The molecule has 0 aliphatic carbocycles. The Hall–Kier alpha value is -2.81. The number of urea groups is 1. The van der Waals surface area contributed by atoms with Gasteiger partial charge < -0.3 is 25.8 Å². The number of guanidine groups is 1. The largest absolute Gasteiger partial charge is 0.491 e. The molecule has 1 aromatic rings. The molecule has 3 amide bonds. The van der Waals surface area contributed by atoms with E-state index >= 15 is 0 Å². The molecule has 0 saturated carbocycles. The third kappa shape index (κ3) is 6.41. The fraction of sp³-hybridized carbons (Fsp3) is 0.526. The van der Waals surface area contributed by atoms with E-state index in [2.05, 4.69) is 20.9 Å². The number of nitrogens with one attached hydrogen (secondary N) is 3. The summed E-state index contributed by atoms with van der Waals surface area (Å²) in [5.74, 6) is 1.02. The number of nitrogens with zero attached hydrogens (tertiary/aromatic N) is 2. The molecule has 9 nitrogen and oxygen atoms in total. The van der Waals surface area contributed by atoms with Gasteiger partial charge in [0, 0.05) is 19.6 Å². The Balaban J connectivity index is 1.86. The number of rotatable bonds is 9. The Labute approximate surface area is 165 Å². The number of carbonyl (C=O) groups is 2. The van der Waals surface area contributed by atoms with Crippen molar-refractivity contribution in [3.05, 3.63) is 29.8 Å². The zero-order chi connectivity index (χ0) is 20.5. The summed E-state index contributed by atoms with van der Waals surface area (Å²) in [4.78, 5) is 28.6. The molecule has 1 aliphatic heterocycles. The molecule has 1 saturated heterocycles. The highest BCUT2D eigenvalue weighted by Crippen LogP contribution is 2.19. The minimum atomic E-state index is -0.755. The Morgan fingerprint density at radius 3 is 2.57 bits per heavy atom. The lowest BCUT2D eigenvalue weighted by Gasteiger charge is -2.16. The molecular weight excluding hydrogens is 362 g/mol. The average Bonchev–Trinajstić information content (AvgIpc) is 2.98. The molecule has 1 aliphatic rings. The minimum absolute atomic E-state index is 0.0418. The molecule has 4 N–H and O–H groups in total. The van der Waals surface area contributed by atoms with Gasteiger partial charge in [-0.05, 0) is 38.5 Å². The zero-order valence-corrected chi connectivity index (χ0v) is 16.6. The van der Waals surface area contributed by atoms with E-state index in [0.29, 0.717) is 19.0 Å². The summed E-state index contributed by atoms with van der Waals surface area (Å²) >= 11 is 0. The minimum Gasteiger partial charge on any atom is -0.491 e. The Morgan fingerprint density at radius 1 is 1.29 bits per heavy atom. The van der Waals surface area contributed by atoms with Gasteiger partial charge in [0.2, 0.25) is 5.91 Å². The molecule has 0 aromatic heterocycles. The van der Waals surface area contributed by atoms with E-state index in [9.17, 15) is 14.7 Å². The highest BCUT2D eigenvalue weighted by molar-refractivity contribution is 6.01. The van der Waals surface area contributed by atoms with Crippen molar-refractivity contribution in [1.29, 1.82) is 0 Å². The molecule has 2 rings (SSSR count). The first kappa shape index (κ1) is 21.5. The van der Waals surface area contributed by atoms with Gasteiger partial charge in [-0.25, -0.2) is 4.79 Å². The number of carbonyl (C=O) groups excluding carboxylic acids is 2. The maximum absolute atomic E-state index is 11.6. The van der Waals surface area contributed by atoms with E-state index in [-0.39, 0.29) is 37.7 Å². The van der Waals surface area contributed by atoms with Gasteiger partial charge in [0.25, 0.3) is 0 Å². The number of hydrogen-bond acceptors (Lipinski definition) is 5. The first-order chi connectivity index (χ1) is 13.4. The Kier molecular flexibility index (Phi) is 8.06. The molecular formula is C19H29N5O4. The van der Waals surface area contributed by atoms with E-state index in [4.69, 9.17) is 4.74 Å². The first-order valence-corrected chi connectivity index (χ1v) is 9.45. The summed E-state index contributed by atoms with van der Waals surface area (Å²) in [7, 11) is 0. The smallest absolute Gasteiger partial charge is 0.324 e. The van der Waals surface area contributed by atoms with Crippen LogP contribution in [0, 0.1) is 0 Å². The molecule has 154 valence electrons. The lowest BCUT2D eigenvalue weighted by Crippen LogP contribution is -2.43. The number of imide groups is 1. The van der Waals surface area contributed by atoms with E-state index in [1.54, 1.807) is 0 Å². The third-order valence-electron chi connectivity index (χ3n) is 3.97. The summed E-state index contributed by atoms with van der Waals surface area (Å²) in [6.45, 7) is 7.31. The van der Waals surface area contributed by atoms with Gasteiger partial charge >= 0.3 is 6.03 Å². The summed E-state index contributed by atoms with van der Waals surface area (Å²) in [5.41, 5.74) is 0.745. The summed E-state index contributed by atoms with van der Waals surface area (Å²) < 4.78 is 5.60. The van der Waals surface area contributed by atoms with Gasteiger partial charge in [0.1, 0.15) is 5.75 Å². The van der Waals surface area contributed by atoms with Crippen molar-refractivity contribution in [2.75, 3.05) is 32.7 Å². The predicted molar refractivity (Wildman–Crippen MR) is 106 cm³/mol. The van der Waals surface area contributed by atoms with Crippen molar-refractivity contribution in [3.8, 4) is 5.75 Å². The van der Waals surface area contributed by atoms with Crippen molar-refractivity contribution in [1.82, 2.24) is 20.9 Å². The number of aliphatic hydroxyl groups excluding tert-OH is 1. The summed E-state index contributed by atoms with van der Waals surface area (Å²) in [5, 5.41) is 19.0. The van der Waals surface area contributed by atoms with Gasteiger partial charge in [-0.3, -0.25) is 14.7 Å². The van der Waals surface area contributed by atoms with Crippen LogP contribution in [0.5, 0.6) is 5.75 Å². The van der Waals surface area contributed by atoms with Crippen molar-refractivity contribution in [2.24, 2.45) is 4.99 Å². The van der Waals surface area contributed by atoms with Crippen LogP contribution in [-0.4, -0.2) is 66.7 Å². The van der Waals surface area contributed by atoms with Crippen molar-refractivity contribution >= 4 is 17.9 Å². The maximum atomic E-state index is 11.6. The highest BCUT2D eigenvalue weighted by Gasteiger charge is 2.27. The molecule has 28 heavy (non-hydrogen) atoms. The lowest BCUT2D eigenvalue weighted by atomic mass is 10.1. The fourth-order valence-electron chi connectivity index (χ4n) is 2.63. The standard InChI is InChI=1S/C19H29N5O4/c1-4-20-18(21-9-10-24-17(26)12-23-19(24)27)22-11-16(25)14-5-7-15(8-6-14)28-13(2)3/h5-8,13,16,25H,4,9-12H2,1-3H3,(H,23,27)(H2,20,21,22). The zero-order valence-electron chi connectivity index (χ0n) is 16.6. The fourth-order valence-corrected chi connectivity index (χ4v) is 2.63. The Bertz CT molecular complexity index is 674. The normalized spacial score (nSPS) is 15.6. The van der Waals surface area contributed by atoms with Crippen molar-refractivity contribution in [3.63, 3.8) is 0 Å². The number of ether oxygens (including phenoxy) is 1. The molecule has 1 atom stereocenters. The second kappa shape index (κ2) is 10.5. The van der Waals surface area contributed by atoms with Crippen LogP contribution in [0.15, 0.2) is 29.3 Å². The molecule has 1 aromatic carbocycles. The van der Waals surface area contributed by atoms with Gasteiger partial charge in [-0.15, -0.1) is 0 Å². The van der Waals surface area contributed by atoms with Crippen LogP contribution in [-0.2, 0) is 4.79 Å². The lowest BCUT2D eigenvalue weighted by molar-refractivity contribution is -0.124. The van der Waals surface area contributed by atoms with Crippen LogP contribution in [0.3, 0.4) is 0 Å². The Morgan fingerprint density at radius 2 is 2.00 bits per heavy atom. The first-order valence-electron chi connectivity index (χ1n) is 9.45. The van der Waals surface area contributed by atoms with Crippen molar-refractivity contribution < 1.29 is 19.4 Å². The van der Waals surface area contributed by atoms with Crippen LogP contribution < -0.4 is 20.7 Å². The number of aliphatic hydroxyl groups is 1. The van der Waals surface area contributed by atoms with E-state index in [1.165, 1.54) is 0 Å². The van der Waals surface area contributed by atoms with Crippen LogP contribution in [0.4, 0.5) is 4.79 Å². The second-order valence-corrected chi connectivity index (χ2v) is 6.60. The van der Waals surface area contributed by atoms with Crippen LogP contribution in [0.1, 0.15) is 32.4 Å². The van der Waals surface area contributed by atoms with Crippen LogP contribution in [0.2, 0.25) is 0 Å². The topological polar surface area (TPSA) is 115 Å². The second-order valence-electron chi connectivity index (χ2n) is 6.60. The highest BCUT2D eigenvalue weighted by atomic mass is 16.5. The van der Waals surface area contributed by atoms with E-state index in [0.717, 1.165) is 16.2 Å². The van der Waals surface area contributed by atoms with Gasteiger partial charge in [0.15, 0.2) is 5.96 Å². The van der Waals surface area contributed by atoms with E-state index < -0.39 is 6.10 Å². The monoisotopic (exact) mass is 391 g/mol. The summed E-state index contributed by atoms with van der Waals surface area (Å²) in [6.07, 6.45) is -0.662. The quantitative estimate of drug-likeness (QED) is 0.279. The number of amides is 3. The molecule has 0 spiro atoms. The van der Waals surface area contributed by atoms with Gasteiger partial charge in [-0.2, -0.15) is 0 Å². The van der Waals surface area contributed by atoms with Gasteiger partial charge in [0.05, 0.1) is 25.3 Å². The predicted octanol–water partition coefficient (Wildman–Crippen LogP) is 0.614. The molecule has 1 fully saturated rings. The SMILES string of the molecule is CCNC(=NCC(O)c1ccc(OC(C)C)cc1)NCCN1C(=O)CNC1=O. The van der Waals surface area contributed by atoms with Gasteiger partial charge in [-0.1, -0.05) is 12.1 Å². The number of aliphatic imine (C=N–C) groups is 1. The maximum Gasteiger partial charge on any atom is 0.324 e. The van der Waals surface area contributed by atoms with Crippen LogP contribution >= 0.6 is 0 Å². The molecule has 0 bridgehead atoms. The van der Waals surface area contributed by atoms with E-state index in [1.807, 2.05) is 45.0 Å². The average molecular weight is 391 g/mol. The van der Waals surface area contributed by atoms with Crippen LogP contribution in [0.25, 0.3) is 0 Å². The summed E-state index contributed by atoms with van der Waals surface area (Å²) in [6, 6.07) is 6.90. The number of hydrogen-bond donors (Lipinski definition) is 4. The molecule has 9 heteroatoms. The number of benzene rings is 1.